The molecule has 0 aromatic heterocycles. The summed E-state index contributed by atoms with van der Waals surface area (Å²) in [6, 6.07) is 10.6. The summed E-state index contributed by atoms with van der Waals surface area (Å²) in [4.78, 5) is 14.3. The Morgan fingerprint density at radius 2 is 1.83 bits per heavy atom. The maximum atomic E-state index is 11.9. The van der Waals surface area contributed by atoms with Crippen molar-refractivity contribution in [2.75, 3.05) is 13.1 Å². The van der Waals surface area contributed by atoms with Gasteiger partial charge in [-0.15, -0.1) is 0 Å². The summed E-state index contributed by atoms with van der Waals surface area (Å²) in [7, 11) is 0. The molecule has 1 amide bonds. The Hall–Kier alpha value is -1.39. The van der Waals surface area contributed by atoms with Crippen LogP contribution in [0.4, 0.5) is 0 Å². The van der Waals surface area contributed by atoms with Gasteiger partial charge in [0, 0.05) is 0 Å². The molecule has 2 aliphatic heterocycles. The smallest absolute Gasteiger partial charge is 0.251 e. The van der Waals surface area contributed by atoms with E-state index >= 15 is 0 Å². The van der Waals surface area contributed by atoms with Gasteiger partial charge in [-0.1, -0.05) is 30.3 Å². The van der Waals surface area contributed by atoms with Crippen molar-refractivity contribution in [3.63, 3.8) is 0 Å². The molecule has 3 rings (SSSR count). The third-order valence-electron chi connectivity index (χ3n) is 3.91. The number of amides is 1. The molecule has 0 radical (unpaired) electrons. The molecule has 2 heterocycles. The molecule has 2 N–H and O–H groups in total. The Balaban J connectivity index is 1.73. The summed E-state index contributed by atoms with van der Waals surface area (Å²) in [6.45, 7) is 2.11. The summed E-state index contributed by atoms with van der Waals surface area (Å²) in [6.07, 6.45) is 3.29. The van der Waals surface area contributed by atoms with Crippen molar-refractivity contribution in [1.82, 2.24) is 15.8 Å². The van der Waals surface area contributed by atoms with Gasteiger partial charge in [0.15, 0.2) is 0 Å². The molecule has 2 aliphatic rings. The topological polar surface area (TPSA) is 44.4 Å². The molecule has 1 aromatic rings. The lowest BCUT2D eigenvalue weighted by atomic mass is 9.97. The standard InChI is InChI=1S/C14H19N3O/c18-14-13(17-8-4-5-9-17)10-12(15-16-14)11-6-2-1-3-7-11/h1-3,6-7,12-13,15H,4-5,8-10H2,(H,16,18). The fourth-order valence-electron chi connectivity index (χ4n) is 2.90. The minimum Gasteiger partial charge on any atom is -0.292 e. The molecule has 0 bridgehead atoms. The second kappa shape index (κ2) is 5.08. The number of rotatable bonds is 2. The highest BCUT2D eigenvalue weighted by molar-refractivity contribution is 5.82. The number of benzene rings is 1. The van der Waals surface area contributed by atoms with Crippen molar-refractivity contribution in [2.45, 2.75) is 31.3 Å². The molecule has 1 aromatic carbocycles. The lowest BCUT2D eigenvalue weighted by Crippen LogP contribution is -2.57. The third kappa shape index (κ3) is 2.26. The molecule has 2 fully saturated rings. The lowest BCUT2D eigenvalue weighted by Gasteiger charge is -2.35. The second-order valence-corrected chi connectivity index (χ2v) is 5.09. The van der Waals surface area contributed by atoms with E-state index in [0.29, 0.717) is 0 Å². The first-order chi connectivity index (χ1) is 8.84. The number of hydrazine groups is 1. The van der Waals surface area contributed by atoms with Crippen LogP contribution >= 0.6 is 0 Å². The first kappa shape index (κ1) is 11.7. The molecule has 0 aliphatic carbocycles. The monoisotopic (exact) mass is 245 g/mol. The number of carbonyl (C=O) groups is 1. The van der Waals surface area contributed by atoms with Crippen LogP contribution in [0.25, 0.3) is 0 Å². The van der Waals surface area contributed by atoms with Crippen LogP contribution in [-0.4, -0.2) is 29.9 Å². The molecular formula is C14H19N3O. The first-order valence-corrected chi connectivity index (χ1v) is 6.69. The van der Waals surface area contributed by atoms with E-state index < -0.39 is 0 Å². The average molecular weight is 245 g/mol. The number of carbonyl (C=O) groups excluding carboxylic acids is 1. The van der Waals surface area contributed by atoms with E-state index in [4.69, 9.17) is 0 Å². The fraction of sp³-hybridized carbons (Fsp3) is 0.500. The summed E-state index contributed by atoms with van der Waals surface area (Å²) in [5.41, 5.74) is 7.18. The van der Waals surface area contributed by atoms with Crippen LogP contribution < -0.4 is 10.9 Å². The first-order valence-electron chi connectivity index (χ1n) is 6.69. The van der Waals surface area contributed by atoms with Gasteiger partial charge in [-0.3, -0.25) is 15.1 Å². The van der Waals surface area contributed by atoms with Gasteiger partial charge in [-0.2, -0.15) is 0 Å². The highest BCUT2D eigenvalue weighted by Gasteiger charge is 2.34. The maximum Gasteiger partial charge on any atom is 0.251 e. The normalized spacial score (nSPS) is 29.2. The maximum absolute atomic E-state index is 11.9. The Bertz CT molecular complexity index is 414. The highest BCUT2D eigenvalue weighted by atomic mass is 16.2. The Labute approximate surface area is 107 Å². The van der Waals surface area contributed by atoms with Crippen molar-refractivity contribution in [3.05, 3.63) is 35.9 Å². The van der Waals surface area contributed by atoms with E-state index in [9.17, 15) is 4.79 Å². The molecular weight excluding hydrogens is 226 g/mol. The van der Waals surface area contributed by atoms with E-state index in [1.165, 1.54) is 18.4 Å². The van der Waals surface area contributed by atoms with E-state index in [1.807, 2.05) is 18.2 Å². The number of hydrogen-bond acceptors (Lipinski definition) is 3. The number of hydrogen-bond donors (Lipinski definition) is 2. The van der Waals surface area contributed by atoms with Crippen LogP contribution in [-0.2, 0) is 4.79 Å². The van der Waals surface area contributed by atoms with Crippen molar-refractivity contribution in [2.24, 2.45) is 0 Å². The molecule has 4 heteroatoms. The molecule has 18 heavy (non-hydrogen) atoms. The van der Waals surface area contributed by atoms with Crippen LogP contribution in [0.2, 0.25) is 0 Å². The fourth-order valence-corrected chi connectivity index (χ4v) is 2.90. The predicted octanol–water partition coefficient (Wildman–Crippen LogP) is 1.22. The van der Waals surface area contributed by atoms with Crippen LogP contribution in [0.15, 0.2) is 30.3 Å². The molecule has 2 unspecified atom stereocenters. The lowest BCUT2D eigenvalue weighted by molar-refractivity contribution is -0.130. The Morgan fingerprint density at radius 1 is 1.11 bits per heavy atom. The molecule has 2 saturated heterocycles. The molecule has 4 nitrogen and oxygen atoms in total. The largest absolute Gasteiger partial charge is 0.292 e. The Kier molecular flexibility index (Phi) is 3.30. The third-order valence-corrected chi connectivity index (χ3v) is 3.91. The zero-order chi connectivity index (χ0) is 12.4. The van der Waals surface area contributed by atoms with Crippen LogP contribution in [0.1, 0.15) is 30.9 Å². The minimum absolute atomic E-state index is 0.0268. The van der Waals surface area contributed by atoms with Gasteiger partial charge in [0.05, 0.1) is 12.1 Å². The van der Waals surface area contributed by atoms with Gasteiger partial charge in [-0.25, -0.2) is 5.43 Å². The van der Waals surface area contributed by atoms with Crippen LogP contribution in [0.5, 0.6) is 0 Å². The van der Waals surface area contributed by atoms with Crippen molar-refractivity contribution >= 4 is 5.91 Å². The number of nitrogens with one attached hydrogen (secondary N) is 2. The zero-order valence-electron chi connectivity index (χ0n) is 10.4. The van der Waals surface area contributed by atoms with Crippen molar-refractivity contribution in [1.29, 1.82) is 0 Å². The van der Waals surface area contributed by atoms with Gasteiger partial charge >= 0.3 is 0 Å². The van der Waals surface area contributed by atoms with E-state index in [1.54, 1.807) is 0 Å². The van der Waals surface area contributed by atoms with Crippen molar-refractivity contribution < 1.29 is 4.79 Å². The number of likely N-dealkylation sites (tertiary alicyclic amines) is 1. The van der Waals surface area contributed by atoms with Crippen LogP contribution in [0.3, 0.4) is 0 Å². The van der Waals surface area contributed by atoms with Gasteiger partial charge in [0.2, 0.25) is 0 Å². The summed E-state index contributed by atoms with van der Waals surface area (Å²) < 4.78 is 0. The SMILES string of the molecule is O=C1NNC(c2ccccc2)CC1N1CCCC1. The average Bonchev–Trinajstić information content (AvgIpc) is 2.94. The van der Waals surface area contributed by atoms with E-state index in [0.717, 1.165) is 19.5 Å². The molecule has 0 spiro atoms. The van der Waals surface area contributed by atoms with Crippen molar-refractivity contribution in [3.8, 4) is 0 Å². The number of nitrogens with zero attached hydrogens (tertiary/aromatic N) is 1. The molecule has 2 atom stereocenters. The van der Waals surface area contributed by atoms with Gasteiger partial charge in [-0.05, 0) is 37.9 Å². The summed E-state index contributed by atoms with van der Waals surface area (Å²) in [5, 5.41) is 0. The van der Waals surface area contributed by atoms with Gasteiger partial charge in [0.1, 0.15) is 0 Å². The van der Waals surface area contributed by atoms with E-state index in [-0.39, 0.29) is 18.0 Å². The minimum atomic E-state index is 0.0268. The van der Waals surface area contributed by atoms with E-state index in [2.05, 4.69) is 27.9 Å². The molecule has 96 valence electrons. The zero-order valence-corrected chi connectivity index (χ0v) is 10.4. The van der Waals surface area contributed by atoms with Gasteiger partial charge < -0.3 is 0 Å². The summed E-state index contributed by atoms with van der Waals surface area (Å²) in [5.74, 6) is 0.115. The quantitative estimate of drug-likeness (QED) is 0.823. The van der Waals surface area contributed by atoms with Crippen LogP contribution in [0, 0.1) is 0 Å². The predicted molar refractivity (Wildman–Crippen MR) is 69.7 cm³/mol. The second-order valence-electron chi connectivity index (χ2n) is 5.09. The van der Waals surface area contributed by atoms with Gasteiger partial charge in [0.25, 0.3) is 5.91 Å². The summed E-state index contributed by atoms with van der Waals surface area (Å²) >= 11 is 0. The highest BCUT2D eigenvalue weighted by Crippen LogP contribution is 2.25. The Morgan fingerprint density at radius 3 is 2.56 bits per heavy atom. The molecule has 0 saturated carbocycles.